The predicted molar refractivity (Wildman–Crippen MR) is 42.1 cm³/mol. The van der Waals surface area contributed by atoms with Gasteiger partial charge in [-0.1, -0.05) is 0 Å². The standard InChI is InChI=1S/C6H7FN2O3S/c1-12-4-3-9-6(7)2-5(4)13(8,10)11/h2-3H,1H3,(H2,8,10,11). The van der Waals surface area contributed by atoms with E-state index in [-0.39, 0.29) is 5.75 Å². The average molecular weight is 206 g/mol. The first-order valence-electron chi connectivity index (χ1n) is 3.17. The number of nitrogens with zero attached hydrogens (tertiary/aromatic N) is 1. The minimum absolute atomic E-state index is 0.0797. The highest BCUT2D eigenvalue weighted by molar-refractivity contribution is 7.89. The van der Waals surface area contributed by atoms with Crippen LogP contribution in [0.3, 0.4) is 0 Å². The molecule has 0 saturated carbocycles. The summed E-state index contributed by atoms with van der Waals surface area (Å²) < 4.78 is 38.9. The zero-order valence-electron chi connectivity index (χ0n) is 6.69. The molecule has 0 atom stereocenters. The molecule has 2 N–H and O–H groups in total. The molecule has 1 aromatic heterocycles. The van der Waals surface area contributed by atoms with Crippen molar-refractivity contribution in [1.29, 1.82) is 0 Å². The summed E-state index contributed by atoms with van der Waals surface area (Å²) in [5, 5.41) is 4.80. The molecule has 0 radical (unpaired) electrons. The Bertz CT molecular complexity index is 418. The zero-order valence-corrected chi connectivity index (χ0v) is 7.51. The molecule has 0 aliphatic rings. The zero-order chi connectivity index (χ0) is 10.1. The van der Waals surface area contributed by atoms with Gasteiger partial charge in [0, 0.05) is 6.07 Å². The summed E-state index contributed by atoms with van der Waals surface area (Å²) in [5.74, 6) is -1.01. The van der Waals surface area contributed by atoms with Crippen molar-refractivity contribution in [2.45, 2.75) is 4.90 Å². The van der Waals surface area contributed by atoms with Gasteiger partial charge in [-0.05, 0) is 0 Å². The third kappa shape index (κ3) is 2.13. The van der Waals surface area contributed by atoms with Crippen LogP contribution in [0, 0.1) is 5.95 Å². The summed E-state index contributed by atoms with van der Waals surface area (Å²) in [6.07, 6.45) is 0.953. The van der Waals surface area contributed by atoms with Crippen LogP contribution in [0.5, 0.6) is 5.75 Å². The van der Waals surface area contributed by atoms with Crippen molar-refractivity contribution in [2.24, 2.45) is 5.14 Å². The van der Waals surface area contributed by atoms with E-state index in [1.165, 1.54) is 7.11 Å². The van der Waals surface area contributed by atoms with E-state index in [0.29, 0.717) is 6.07 Å². The van der Waals surface area contributed by atoms with Gasteiger partial charge in [0.25, 0.3) is 0 Å². The van der Waals surface area contributed by atoms with E-state index in [0.717, 1.165) is 6.20 Å². The number of sulfonamides is 1. The highest BCUT2D eigenvalue weighted by Crippen LogP contribution is 2.20. The molecule has 5 nitrogen and oxygen atoms in total. The lowest BCUT2D eigenvalue weighted by molar-refractivity contribution is 0.397. The second kappa shape index (κ2) is 3.27. The molecular weight excluding hydrogens is 199 g/mol. The number of methoxy groups -OCH3 is 1. The van der Waals surface area contributed by atoms with E-state index in [1.54, 1.807) is 0 Å². The number of rotatable bonds is 2. The van der Waals surface area contributed by atoms with Gasteiger partial charge in [-0.2, -0.15) is 4.39 Å². The number of hydrogen-bond acceptors (Lipinski definition) is 4. The quantitative estimate of drug-likeness (QED) is 0.683. The van der Waals surface area contributed by atoms with Crippen molar-refractivity contribution in [1.82, 2.24) is 4.98 Å². The molecule has 1 rings (SSSR count). The van der Waals surface area contributed by atoms with Crippen LogP contribution in [-0.2, 0) is 10.0 Å². The first-order chi connectivity index (χ1) is 5.95. The van der Waals surface area contributed by atoms with Crippen molar-refractivity contribution in [3.05, 3.63) is 18.2 Å². The minimum Gasteiger partial charge on any atom is -0.494 e. The Morgan fingerprint density at radius 2 is 2.23 bits per heavy atom. The van der Waals surface area contributed by atoms with Crippen molar-refractivity contribution in [3.63, 3.8) is 0 Å². The van der Waals surface area contributed by atoms with Crippen LogP contribution in [0.15, 0.2) is 17.2 Å². The van der Waals surface area contributed by atoms with Gasteiger partial charge in [0.1, 0.15) is 4.90 Å². The van der Waals surface area contributed by atoms with E-state index >= 15 is 0 Å². The lowest BCUT2D eigenvalue weighted by Gasteiger charge is -2.04. The Labute approximate surface area is 74.4 Å². The Morgan fingerprint density at radius 3 is 2.69 bits per heavy atom. The largest absolute Gasteiger partial charge is 0.494 e. The molecule has 0 unspecified atom stereocenters. The monoisotopic (exact) mass is 206 g/mol. The molecule has 1 heterocycles. The third-order valence-corrected chi connectivity index (χ3v) is 2.26. The van der Waals surface area contributed by atoms with Gasteiger partial charge >= 0.3 is 0 Å². The number of aromatic nitrogens is 1. The number of nitrogens with two attached hydrogens (primary N) is 1. The van der Waals surface area contributed by atoms with Gasteiger partial charge in [-0.25, -0.2) is 18.5 Å². The summed E-state index contributed by atoms with van der Waals surface area (Å²) in [6, 6.07) is 0.703. The normalized spacial score (nSPS) is 11.3. The highest BCUT2D eigenvalue weighted by atomic mass is 32.2. The molecule has 0 aliphatic carbocycles. The molecule has 0 amide bonds. The van der Waals surface area contributed by atoms with Crippen molar-refractivity contribution in [2.75, 3.05) is 7.11 Å². The summed E-state index contributed by atoms with van der Waals surface area (Å²) in [7, 11) is -2.73. The second-order valence-corrected chi connectivity index (χ2v) is 3.73. The van der Waals surface area contributed by atoms with E-state index < -0.39 is 20.9 Å². The van der Waals surface area contributed by atoms with Crippen molar-refractivity contribution >= 4 is 10.0 Å². The van der Waals surface area contributed by atoms with E-state index in [9.17, 15) is 12.8 Å². The molecular formula is C6H7FN2O3S. The topological polar surface area (TPSA) is 82.3 Å². The van der Waals surface area contributed by atoms with Crippen LogP contribution < -0.4 is 9.88 Å². The number of halogens is 1. The molecule has 0 fully saturated rings. The van der Waals surface area contributed by atoms with E-state index in [1.807, 2.05) is 0 Å². The predicted octanol–water partition coefficient (Wildman–Crippen LogP) is -0.123. The van der Waals surface area contributed by atoms with E-state index in [2.05, 4.69) is 9.72 Å². The van der Waals surface area contributed by atoms with Crippen LogP contribution in [0.2, 0.25) is 0 Å². The van der Waals surface area contributed by atoms with Gasteiger partial charge in [-0.3, -0.25) is 0 Å². The van der Waals surface area contributed by atoms with Crippen LogP contribution in [-0.4, -0.2) is 20.5 Å². The SMILES string of the molecule is COc1cnc(F)cc1S(N)(=O)=O. The van der Waals surface area contributed by atoms with Gasteiger partial charge < -0.3 is 4.74 Å². The summed E-state index contributed by atoms with van der Waals surface area (Å²) in [5.41, 5.74) is 0. The first kappa shape index (κ1) is 9.87. The molecule has 0 spiro atoms. The molecule has 1 aromatic rings. The lowest BCUT2D eigenvalue weighted by atomic mass is 10.4. The molecule has 0 aromatic carbocycles. The van der Waals surface area contributed by atoms with Gasteiger partial charge in [-0.15, -0.1) is 0 Å². The molecule has 0 bridgehead atoms. The summed E-state index contributed by atoms with van der Waals surface area (Å²) >= 11 is 0. The Hall–Kier alpha value is -1.21. The molecule has 7 heteroatoms. The van der Waals surface area contributed by atoms with Gasteiger partial charge in [0.15, 0.2) is 5.75 Å². The molecule has 0 aliphatic heterocycles. The summed E-state index contributed by atoms with van der Waals surface area (Å²) in [4.78, 5) is 2.80. The number of pyridine rings is 1. The maximum atomic E-state index is 12.5. The fourth-order valence-electron chi connectivity index (χ4n) is 0.776. The smallest absolute Gasteiger partial charge is 0.241 e. The first-order valence-corrected chi connectivity index (χ1v) is 4.72. The van der Waals surface area contributed by atoms with E-state index in [4.69, 9.17) is 5.14 Å². The van der Waals surface area contributed by atoms with Crippen molar-refractivity contribution < 1.29 is 17.5 Å². The fraction of sp³-hybridized carbons (Fsp3) is 0.167. The maximum Gasteiger partial charge on any atom is 0.241 e. The molecule has 0 saturated heterocycles. The van der Waals surface area contributed by atoms with Crippen LogP contribution in [0.25, 0.3) is 0 Å². The Balaban J connectivity index is 3.41. The molecule has 72 valence electrons. The van der Waals surface area contributed by atoms with Crippen LogP contribution in [0.1, 0.15) is 0 Å². The number of hydrogen-bond donors (Lipinski definition) is 1. The average Bonchev–Trinajstić information content (AvgIpc) is 2.03. The van der Waals surface area contributed by atoms with Crippen LogP contribution in [0.4, 0.5) is 4.39 Å². The number of ether oxygens (including phenoxy) is 1. The summed E-state index contributed by atoms with van der Waals surface area (Å²) in [6.45, 7) is 0. The van der Waals surface area contributed by atoms with Gasteiger partial charge in [0.05, 0.1) is 13.3 Å². The molecule has 13 heavy (non-hydrogen) atoms. The van der Waals surface area contributed by atoms with Crippen LogP contribution >= 0.6 is 0 Å². The minimum atomic E-state index is -3.97. The maximum absolute atomic E-state index is 12.5. The lowest BCUT2D eigenvalue weighted by Crippen LogP contribution is -2.14. The fourth-order valence-corrected chi connectivity index (χ4v) is 1.45. The highest BCUT2D eigenvalue weighted by Gasteiger charge is 2.16. The Morgan fingerprint density at radius 1 is 1.62 bits per heavy atom. The van der Waals surface area contributed by atoms with Gasteiger partial charge in [0.2, 0.25) is 16.0 Å². The second-order valence-electron chi connectivity index (χ2n) is 2.20. The Kier molecular flexibility index (Phi) is 2.48. The third-order valence-electron chi connectivity index (χ3n) is 1.32. The van der Waals surface area contributed by atoms with Crippen molar-refractivity contribution in [3.8, 4) is 5.75 Å². The number of primary sulfonamides is 1.